The quantitative estimate of drug-likeness (QED) is 0.694. The topological polar surface area (TPSA) is 9.23 Å². The molecule has 1 aliphatic rings. The molecule has 0 amide bonds. The Bertz CT molecular complexity index is 701. The second kappa shape index (κ2) is 7.33. The smallest absolute Gasteiger partial charge is 0.129 e. The molecule has 0 aliphatic heterocycles. The Morgan fingerprint density at radius 3 is 2.46 bits per heavy atom. The van der Waals surface area contributed by atoms with E-state index < -0.39 is 11.6 Å². The Labute approximate surface area is 142 Å². The van der Waals surface area contributed by atoms with Crippen molar-refractivity contribution in [1.29, 1.82) is 0 Å². The van der Waals surface area contributed by atoms with Crippen molar-refractivity contribution >= 4 is 0 Å². The zero-order valence-electron chi connectivity index (χ0n) is 14.4. The summed E-state index contributed by atoms with van der Waals surface area (Å²) in [6.45, 7) is 4.61. The van der Waals surface area contributed by atoms with Crippen molar-refractivity contribution < 1.29 is 13.5 Å². The lowest BCUT2D eigenvalue weighted by atomic mass is 9.79. The second-order valence-electron chi connectivity index (χ2n) is 6.53. The zero-order valence-corrected chi connectivity index (χ0v) is 14.4. The molecule has 24 heavy (non-hydrogen) atoms. The van der Waals surface area contributed by atoms with Gasteiger partial charge in [0, 0.05) is 5.56 Å². The van der Waals surface area contributed by atoms with E-state index in [4.69, 9.17) is 4.74 Å². The minimum absolute atomic E-state index is 0.0916. The van der Waals surface area contributed by atoms with Gasteiger partial charge in [-0.25, -0.2) is 8.78 Å². The van der Waals surface area contributed by atoms with Crippen LogP contribution in [0.2, 0.25) is 0 Å². The van der Waals surface area contributed by atoms with Gasteiger partial charge in [-0.3, -0.25) is 0 Å². The SMILES string of the molecule is CCCc1cc(F)c(C2CCc3cc(OCC)ccc3C2)c(F)c1. The minimum Gasteiger partial charge on any atom is -0.494 e. The first-order chi connectivity index (χ1) is 11.6. The molecule has 2 aromatic carbocycles. The predicted molar refractivity (Wildman–Crippen MR) is 92.7 cm³/mol. The van der Waals surface area contributed by atoms with Crippen molar-refractivity contribution in [1.82, 2.24) is 0 Å². The van der Waals surface area contributed by atoms with Crippen LogP contribution >= 0.6 is 0 Å². The molecule has 1 atom stereocenters. The molecule has 0 saturated heterocycles. The minimum atomic E-state index is -0.391. The van der Waals surface area contributed by atoms with Crippen molar-refractivity contribution in [2.75, 3.05) is 6.61 Å². The van der Waals surface area contributed by atoms with Gasteiger partial charge < -0.3 is 4.74 Å². The number of ether oxygens (including phenoxy) is 1. The normalized spacial score (nSPS) is 16.8. The first kappa shape index (κ1) is 16.9. The van der Waals surface area contributed by atoms with Gasteiger partial charge in [-0.1, -0.05) is 19.4 Å². The predicted octanol–water partition coefficient (Wildman–Crippen LogP) is 5.59. The molecule has 0 bridgehead atoms. The molecular formula is C21H24F2O. The van der Waals surface area contributed by atoms with E-state index >= 15 is 0 Å². The van der Waals surface area contributed by atoms with Crippen LogP contribution in [0.15, 0.2) is 30.3 Å². The molecule has 0 heterocycles. The summed E-state index contributed by atoms with van der Waals surface area (Å²) < 4.78 is 34.5. The highest BCUT2D eigenvalue weighted by Gasteiger charge is 2.26. The molecule has 0 radical (unpaired) electrons. The Morgan fingerprint density at radius 2 is 1.79 bits per heavy atom. The number of aryl methyl sites for hydroxylation is 2. The monoisotopic (exact) mass is 330 g/mol. The summed E-state index contributed by atoms with van der Waals surface area (Å²) in [4.78, 5) is 0. The Balaban J connectivity index is 1.85. The van der Waals surface area contributed by atoms with Crippen LogP contribution in [0.25, 0.3) is 0 Å². The number of halogens is 2. The molecule has 0 N–H and O–H groups in total. The number of fused-ring (bicyclic) bond motifs is 1. The van der Waals surface area contributed by atoms with Crippen LogP contribution in [-0.4, -0.2) is 6.61 Å². The number of benzene rings is 2. The molecule has 128 valence electrons. The van der Waals surface area contributed by atoms with Gasteiger partial charge in [-0.15, -0.1) is 0 Å². The van der Waals surface area contributed by atoms with Gasteiger partial charge in [0.2, 0.25) is 0 Å². The van der Waals surface area contributed by atoms with Gasteiger partial charge in [0.1, 0.15) is 17.4 Å². The van der Waals surface area contributed by atoms with Crippen molar-refractivity contribution in [2.45, 2.75) is 51.9 Å². The number of hydrogen-bond acceptors (Lipinski definition) is 1. The van der Waals surface area contributed by atoms with E-state index in [0.717, 1.165) is 30.6 Å². The van der Waals surface area contributed by atoms with Crippen LogP contribution in [0.3, 0.4) is 0 Å². The first-order valence-electron chi connectivity index (χ1n) is 8.84. The van der Waals surface area contributed by atoms with E-state index in [2.05, 4.69) is 6.07 Å². The van der Waals surface area contributed by atoms with E-state index in [1.807, 2.05) is 26.0 Å². The van der Waals surface area contributed by atoms with Crippen molar-refractivity contribution in [2.24, 2.45) is 0 Å². The third kappa shape index (κ3) is 3.45. The van der Waals surface area contributed by atoms with Crippen LogP contribution in [0.1, 0.15) is 54.9 Å². The maximum absolute atomic E-state index is 14.5. The van der Waals surface area contributed by atoms with Crippen molar-refractivity contribution in [3.8, 4) is 5.75 Å². The van der Waals surface area contributed by atoms with Gasteiger partial charge in [0.05, 0.1) is 6.61 Å². The van der Waals surface area contributed by atoms with Crippen LogP contribution in [0.4, 0.5) is 8.78 Å². The van der Waals surface area contributed by atoms with E-state index in [1.165, 1.54) is 23.3 Å². The molecule has 0 aromatic heterocycles. The maximum atomic E-state index is 14.5. The van der Waals surface area contributed by atoms with E-state index in [-0.39, 0.29) is 11.5 Å². The lowest BCUT2D eigenvalue weighted by Gasteiger charge is -2.26. The summed E-state index contributed by atoms with van der Waals surface area (Å²) in [6.07, 6.45) is 3.88. The second-order valence-corrected chi connectivity index (χ2v) is 6.53. The number of hydrogen-bond donors (Lipinski definition) is 0. The Hall–Kier alpha value is -1.90. The van der Waals surface area contributed by atoms with Gasteiger partial charge >= 0.3 is 0 Å². The molecule has 2 aromatic rings. The Morgan fingerprint density at radius 1 is 1.04 bits per heavy atom. The van der Waals surface area contributed by atoms with Crippen LogP contribution < -0.4 is 4.74 Å². The fourth-order valence-electron chi connectivity index (χ4n) is 3.69. The first-order valence-corrected chi connectivity index (χ1v) is 8.84. The van der Waals surface area contributed by atoms with Gasteiger partial charge in [-0.05, 0) is 79.5 Å². The van der Waals surface area contributed by atoms with Gasteiger partial charge in [-0.2, -0.15) is 0 Å². The van der Waals surface area contributed by atoms with Gasteiger partial charge in [0.15, 0.2) is 0 Å². The molecule has 0 fully saturated rings. The third-order valence-electron chi connectivity index (χ3n) is 4.80. The molecule has 0 spiro atoms. The molecule has 3 heteroatoms. The van der Waals surface area contributed by atoms with E-state index in [1.54, 1.807) is 0 Å². The van der Waals surface area contributed by atoms with E-state index in [9.17, 15) is 8.78 Å². The highest BCUT2D eigenvalue weighted by molar-refractivity contribution is 5.40. The lowest BCUT2D eigenvalue weighted by molar-refractivity contribution is 0.339. The highest BCUT2D eigenvalue weighted by atomic mass is 19.1. The summed E-state index contributed by atoms with van der Waals surface area (Å²) in [6, 6.07) is 9.06. The summed E-state index contributed by atoms with van der Waals surface area (Å²) in [5, 5.41) is 0. The molecule has 0 saturated carbocycles. The zero-order chi connectivity index (χ0) is 17.1. The van der Waals surface area contributed by atoms with Crippen molar-refractivity contribution in [3.05, 3.63) is 64.2 Å². The van der Waals surface area contributed by atoms with E-state index in [0.29, 0.717) is 19.4 Å². The molecule has 1 aliphatic carbocycles. The summed E-state index contributed by atoms with van der Waals surface area (Å²) in [5.74, 6) is -0.00206. The fraction of sp³-hybridized carbons (Fsp3) is 0.429. The van der Waals surface area contributed by atoms with Crippen LogP contribution in [0.5, 0.6) is 5.75 Å². The average molecular weight is 330 g/mol. The van der Waals surface area contributed by atoms with Gasteiger partial charge in [0.25, 0.3) is 0 Å². The third-order valence-corrected chi connectivity index (χ3v) is 4.80. The molecule has 1 unspecified atom stereocenters. The Kier molecular flexibility index (Phi) is 5.17. The largest absolute Gasteiger partial charge is 0.494 e. The van der Waals surface area contributed by atoms with Crippen molar-refractivity contribution in [3.63, 3.8) is 0 Å². The number of rotatable bonds is 5. The highest BCUT2D eigenvalue weighted by Crippen LogP contribution is 2.37. The molecule has 3 rings (SSSR count). The summed E-state index contributed by atoms with van der Waals surface area (Å²) in [5.41, 5.74) is 3.41. The lowest BCUT2D eigenvalue weighted by Crippen LogP contribution is -2.16. The summed E-state index contributed by atoms with van der Waals surface area (Å²) in [7, 11) is 0. The molecular weight excluding hydrogens is 306 g/mol. The average Bonchev–Trinajstić information content (AvgIpc) is 2.55. The summed E-state index contributed by atoms with van der Waals surface area (Å²) >= 11 is 0. The fourth-order valence-corrected chi connectivity index (χ4v) is 3.69. The van der Waals surface area contributed by atoms with Crippen LogP contribution in [-0.2, 0) is 19.3 Å². The van der Waals surface area contributed by atoms with Crippen LogP contribution in [0, 0.1) is 11.6 Å². The standard InChI is InChI=1S/C21H24F2O/c1-3-5-14-10-19(22)21(20(23)11-14)17-7-6-16-13-18(24-4-2)9-8-15(16)12-17/h8-11,13,17H,3-7,12H2,1-2H3. The maximum Gasteiger partial charge on any atom is 0.129 e. The molecule has 1 nitrogen and oxygen atoms in total.